The molecular formula is C17H25NO2S. The van der Waals surface area contributed by atoms with Crippen molar-refractivity contribution in [3.63, 3.8) is 0 Å². The third-order valence-electron chi connectivity index (χ3n) is 5.10. The van der Waals surface area contributed by atoms with E-state index in [0.717, 1.165) is 19.4 Å². The maximum Gasteiger partial charge on any atom is 0.150 e. The average Bonchev–Trinajstić information content (AvgIpc) is 2.78. The predicted octanol–water partition coefficient (Wildman–Crippen LogP) is 2.82. The summed E-state index contributed by atoms with van der Waals surface area (Å²) in [5.74, 6) is 1.02. The molecule has 1 aliphatic carbocycles. The first kappa shape index (κ1) is 15.0. The van der Waals surface area contributed by atoms with Gasteiger partial charge in [0.25, 0.3) is 0 Å². The molecule has 2 unspecified atom stereocenters. The minimum Gasteiger partial charge on any atom is -0.310 e. The van der Waals surface area contributed by atoms with Crippen LogP contribution in [0.2, 0.25) is 0 Å². The van der Waals surface area contributed by atoms with E-state index in [-0.39, 0.29) is 11.3 Å². The SMILES string of the molecule is CC1(C)CCC(NCC2CCS(=O)(=O)C2)c2ccccc21. The van der Waals surface area contributed by atoms with Crippen molar-refractivity contribution < 1.29 is 8.42 Å². The molecule has 1 aromatic carbocycles. The molecular weight excluding hydrogens is 282 g/mol. The Kier molecular flexibility index (Phi) is 3.87. The smallest absolute Gasteiger partial charge is 0.150 e. The van der Waals surface area contributed by atoms with E-state index in [0.29, 0.717) is 17.5 Å². The quantitative estimate of drug-likeness (QED) is 0.934. The van der Waals surface area contributed by atoms with E-state index in [1.54, 1.807) is 0 Å². The van der Waals surface area contributed by atoms with Gasteiger partial charge >= 0.3 is 0 Å². The normalized spacial score (nSPS) is 30.0. The highest BCUT2D eigenvalue weighted by Crippen LogP contribution is 2.41. The largest absolute Gasteiger partial charge is 0.310 e. The second kappa shape index (κ2) is 5.40. The number of sulfone groups is 1. The molecule has 0 radical (unpaired) electrons. The standard InChI is InChI=1S/C17H25NO2S/c1-17(2)9-7-16(14-5-3-4-6-15(14)17)18-11-13-8-10-21(19,20)12-13/h3-6,13,16,18H,7-12H2,1-2H3. The van der Waals surface area contributed by atoms with Crippen LogP contribution in [0, 0.1) is 5.92 Å². The van der Waals surface area contributed by atoms with Gasteiger partial charge in [-0.15, -0.1) is 0 Å². The van der Waals surface area contributed by atoms with Crippen LogP contribution < -0.4 is 5.32 Å². The number of hydrogen-bond donors (Lipinski definition) is 1. The molecule has 4 heteroatoms. The van der Waals surface area contributed by atoms with Crippen LogP contribution in [0.5, 0.6) is 0 Å². The average molecular weight is 307 g/mol. The molecule has 3 nitrogen and oxygen atoms in total. The zero-order valence-electron chi connectivity index (χ0n) is 12.9. The zero-order valence-corrected chi connectivity index (χ0v) is 13.7. The fourth-order valence-corrected chi connectivity index (χ4v) is 5.63. The lowest BCUT2D eigenvalue weighted by atomic mass is 9.71. The van der Waals surface area contributed by atoms with E-state index in [4.69, 9.17) is 0 Å². The van der Waals surface area contributed by atoms with Gasteiger partial charge in [0.15, 0.2) is 9.84 Å². The van der Waals surface area contributed by atoms with Crippen LogP contribution in [0.25, 0.3) is 0 Å². The van der Waals surface area contributed by atoms with Crippen molar-refractivity contribution in [2.24, 2.45) is 5.92 Å². The molecule has 2 atom stereocenters. The highest BCUT2D eigenvalue weighted by atomic mass is 32.2. The molecule has 1 aliphatic heterocycles. The Morgan fingerprint density at radius 1 is 1.24 bits per heavy atom. The Morgan fingerprint density at radius 3 is 2.71 bits per heavy atom. The molecule has 116 valence electrons. The van der Waals surface area contributed by atoms with Gasteiger partial charge in [-0.05, 0) is 48.3 Å². The zero-order chi connectivity index (χ0) is 15.1. The third kappa shape index (κ3) is 3.16. The summed E-state index contributed by atoms with van der Waals surface area (Å²) >= 11 is 0. The van der Waals surface area contributed by atoms with Crippen LogP contribution in [-0.2, 0) is 15.3 Å². The van der Waals surface area contributed by atoms with Crippen LogP contribution in [-0.4, -0.2) is 26.5 Å². The van der Waals surface area contributed by atoms with Crippen molar-refractivity contribution in [3.05, 3.63) is 35.4 Å². The monoisotopic (exact) mass is 307 g/mol. The molecule has 1 fully saturated rings. The number of hydrogen-bond acceptors (Lipinski definition) is 3. The van der Waals surface area contributed by atoms with Crippen molar-refractivity contribution in [1.82, 2.24) is 5.32 Å². The minimum absolute atomic E-state index is 0.242. The molecule has 0 spiro atoms. The second-order valence-electron chi connectivity index (χ2n) is 7.24. The van der Waals surface area contributed by atoms with Gasteiger partial charge in [-0.3, -0.25) is 0 Å². The van der Waals surface area contributed by atoms with Gasteiger partial charge in [0, 0.05) is 6.04 Å². The first-order valence-electron chi connectivity index (χ1n) is 7.91. The number of rotatable bonds is 3. The summed E-state index contributed by atoms with van der Waals surface area (Å²) in [4.78, 5) is 0. The molecule has 0 aromatic heterocycles. The van der Waals surface area contributed by atoms with Gasteiger partial charge in [0.05, 0.1) is 11.5 Å². The second-order valence-corrected chi connectivity index (χ2v) is 9.47. The van der Waals surface area contributed by atoms with Crippen LogP contribution in [0.15, 0.2) is 24.3 Å². The van der Waals surface area contributed by atoms with E-state index in [9.17, 15) is 8.42 Å². The van der Waals surface area contributed by atoms with Crippen LogP contribution in [0.3, 0.4) is 0 Å². The lowest BCUT2D eigenvalue weighted by Crippen LogP contribution is -2.35. The fraction of sp³-hybridized carbons (Fsp3) is 0.647. The van der Waals surface area contributed by atoms with Crippen molar-refractivity contribution in [2.45, 2.75) is 44.6 Å². The molecule has 0 amide bonds. The topological polar surface area (TPSA) is 46.2 Å². The predicted molar refractivity (Wildman–Crippen MR) is 86.2 cm³/mol. The van der Waals surface area contributed by atoms with E-state index >= 15 is 0 Å². The molecule has 1 saturated heterocycles. The summed E-state index contributed by atoms with van der Waals surface area (Å²) in [5, 5.41) is 3.63. The summed E-state index contributed by atoms with van der Waals surface area (Å²) in [6.45, 7) is 5.44. The summed E-state index contributed by atoms with van der Waals surface area (Å²) in [7, 11) is -2.77. The number of fused-ring (bicyclic) bond motifs is 1. The Bertz CT molecular complexity index is 621. The number of nitrogens with one attached hydrogen (secondary N) is 1. The lowest BCUT2D eigenvalue weighted by molar-refractivity contribution is 0.345. The van der Waals surface area contributed by atoms with Gasteiger partial charge in [-0.2, -0.15) is 0 Å². The molecule has 1 heterocycles. The van der Waals surface area contributed by atoms with Gasteiger partial charge in [-0.1, -0.05) is 38.1 Å². The van der Waals surface area contributed by atoms with Crippen molar-refractivity contribution >= 4 is 9.84 Å². The summed E-state index contributed by atoms with van der Waals surface area (Å²) in [6.07, 6.45) is 3.11. The number of benzene rings is 1. The van der Waals surface area contributed by atoms with E-state index in [1.165, 1.54) is 17.5 Å². The molecule has 0 bridgehead atoms. The van der Waals surface area contributed by atoms with Crippen LogP contribution in [0.4, 0.5) is 0 Å². The molecule has 0 saturated carbocycles. The molecule has 2 aliphatic rings. The van der Waals surface area contributed by atoms with Crippen molar-refractivity contribution in [2.75, 3.05) is 18.1 Å². The molecule has 3 rings (SSSR count). The highest BCUT2D eigenvalue weighted by molar-refractivity contribution is 7.91. The molecule has 1 N–H and O–H groups in total. The molecule has 21 heavy (non-hydrogen) atoms. The summed E-state index contributed by atoms with van der Waals surface area (Å²) in [5.41, 5.74) is 3.08. The minimum atomic E-state index is -2.77. The van der Waals surface area contributed by atoms with Crippen molar-refractivity contribution in [3.8, 4) is 0 Å². The van der Waals surface area contributed by atoms with Crippen molar-refractivity contribution in [1.29, 1.82) is 0 Å². The highest BCUT2D eigenvalue weighted by Gasteiger charge is 2.33. The van der Waals surface area contributed by atoms with E-state index in [1.807, 2.05) is 0 Å². The first-order valence-corrected chi connectivity index (χ1v) is 9.73. The first-order chi connectivity index (χ1) is 9.87. The maximum absolute atomic E-state index is 11.5. The molecule has 1 aromatic rings. The summed E-state index contributed by atoms with van der Waals surface area (Å²) < 4.78 is 23.1. The Hall–Kier alpha value is -0.870. The fourth-order valence-electron chi connectivity index (χ4n) is 3.77. The maximum atomic E-state index is 11.5. The van der Waals surface area contributed by atoms with Gasteiger partial charge < -0.3 is 5.32 Å². The van der Waals surface area contributed by atoms with Gasteiger partial charge in [0.2, 0.25) is 0 Å². The summed E-state index contributed by atoms with van der Waals surface area (Å²) in [6, 6.07) is 9.06. The van der Waals surface area contributed by atoms with Gasteiger partial charge in [-0.25, -0.2) is 8.42 Å². The van der Waals surface area contributed by atoms with Crippen LogP contribution in [0.1, 0.15) is 50.3 Å². The third-order valence-corrected chi connectivity index (χ3v) is 6.94. The Morgan fingerprint density at radius 2 is 2.00 bits per heavy atom. The Balaban J connectivity index is 1.70. The Labute approximate surface area is 128 Å². The van der Waals surface area contributed by atoms with Crippen LogP contribution >= 0.6 is 0 Å². The van der Waals surface area contributed by atoms with E-state index in [2.05, 4.69) is 43.4 Å². The van der Waals surface area contributed by atoms with E-state index < -0.39 is 9.84 Å². The lowest BCUT2D eigenvalue weighted by Gasteiger charge is -2.37. The van der Waals surface area contributed by atoms with Gasteiger partial charge in [0.1, 0.15) is 0 Å².